The van der Waals surface area contributed by atoms with E-state index in [1.807, 2.05) is 6.92 Å². The molecular weight excluding hydrogens is 256 g/mol. The van der Waals surface area contributed by atoms with Gasteiger partial charge in [-0.2, -0.15) is 5.10 Å². The van der Waals surface area contributed by atoms with Crippen molar-refractivity contribution in [3.8, 4) is 0 Å². The normalized spacial score (nSPS) is 23.4. The highest BCUT2D eigenvalue weighted by molar-refractivity contribution is 5.60. The topological polar surface area (TPSA) is 73.0 Å². The number of hydrogen-bond acceptors (Lipinski definition) is 4. The Kier molecular flexibility index (Phi) is 4.62. The van der Waals surface area contributed by atoms with Gasteiger partial charge >= 0.3 is 5.69 Å². The van der Waals surface area contributed by atoms with E-state index in [1.54, 1.807) is 11.6 Å². The molecule has 1 N–H and O–H groups in total. The fraction of sp³-hybridized carbons (Fsp3) is 0.786. The van der Waals surface area contributed by atoms with E-state index in [1.165, 1.54) is 25.7 Å². The van der Waals surface area contributed by atoms with Gasteiger partial charge in [-0.05, 0) is 32.6 Å². The summed E-state index contributed by atoms with van der Waals surface area (Å²) in [6, 6.07) is 0.303. The zero-order valence-corrected chi connectivity index (χ0v) is 12.6. The van der Waals surface area contributed by atoms with Gasteiger partial charge in [-0.1, -0.05) is 26.2 Å². The maximum Gasteiger partial charge on any atom is 0.333 e. The van der Waals surface area contributed by atoms with Gasteiger partial charge in [0.1, 0.15) is 5.69 Å². The average Bonchev–Trinajstić information content (AvgIpc) is 2.58. The van der Waals surface area contributed by atoms with Crippen LogP contribution in [0.25, 0.3) is 0 Å². The lowest BCUT2D eigenvalue weighted by Crippen LogP contribution is -2.28. The van der Waals surface area contributed by atoms with Crippen molar-refractivity contribution in [2.45, 2.75) is 65.5 Å². The van der Waals surface area contributed by atoms with Crippen LogP contribution in [-0.4, -0.2) is 20.7 Å². The van der Waals surface area contributed by atoms with Gasteiger partial charge in [0.25, 0.3) is 0 Å². The SMILES string of the molecule is CCn1nc(C)c([N+](=O)[O-])c1NC1CCCCCC1C. The molecule has 1 heterocycles. The largest absolute Gasteiger partial charge is 0.362 e. The van der Waals surface area contributed by atoms with Crippen molar-refractivity contribution in [1.82, 2.24) is 9.78 Å². The minimum atomic E-state index is -0.321. The van der Waals surface area contributed by atoms with E-state index in [4.69, 9.17) is 0 Å². The summed E-state index contributed by atoms with van der Waals surface area (Å²) in [5.41, 5.74) is 0.615. The highest BCUT2D eigenvalue weighted by atomic mass is 16.6. The van der Waals surface area contributed by atoms with Crippen molar-refractivity contribution < 1.29 is 4.92 Å². The molecule has 0 radical (unpaired) electrons. The molecule has 0 aliphatic heterocycles. The second-order valence-electron chi connectivity index (χ2n) is 5.72. The van der Waals surface area contributed by atoms with Crippen LogP contribution < -0.4 is 5.32 Å². The number of hydrogen-bond donors (Lipinski definition) is 1. The molecule has 0 amide bonds. The van der Waals surface area contributed by atoms with Crippen LogP contribution in [-0.2, 0) is 6.54 Å². The molecule has 2 atom stereocenters. The summed E-state index contributed by atoms with van der Waals surface area (Å²) in [4.78, 5) is 11.0. The van der Waals surface area contributed by atoms with Gasteiger partial charge in [0.2, 0.25) is 5.82 Å². The molecular formula is C14H24N4O2. The van der Waals surface area contributed by atoms with Gasteiger partial charge in [0.15, 0.2) is 0 Å². The van der Waals surface area contributed by atoms with Gasteiger partial charge in [-0.15, -0.1) is 0 Å². The van der Waals surface area contributed by atoms with E-state index in [0.29, 0.717) is 30.0 Å². The first-order valence-corrected chi connectivity index (χ1v) is 7.53. The van der Waals surface area contributed by atoms with Crippen molar-refractivity contribution in [3.63, 3.8) is 0 Å². The van der Waals surface area contributed by atoms with Gasteiger partial charge in [0, 0.05) is 12.6 Å². The van der Waals surface area contributed by atoms with Crippen LogP contribution in [0.15, 0.2) is 0 Å². The molecule has 2 rings (SSSR count). The van der Waals surface area contributed by atoms with Crippen LogP contribution >= 0.6 is 0 Å². The molecule has 1 aromatic heterocycles. The molecule has 0 bridgehead atoms. The summed E-state index contributed by atoms with van der Waals surface area (Å²) in [6.07, 6.45) is 5.97. The van der Waals surface area contributed by atoms with E-state index in [0.717, 1.165) is 6.42 Å². The fourth-order valence-electron chi connectivity index (χ4n) is 3.05. The average molecular weight is 280 g/mol. The number of anilines is 1. The lowest BCUT2D eigenvalue weighted by atomic mass is 9.97. The number of nitro groups is 1. The molecule has 0 spiro atoms. The second-order valence-corrected chi connectivity index (χ2v) is 5.72. The highest BCUT2D eigenvalue weighted by Gasteiger charge is 2.28. The van der Waals surface area contributed by atoms with Crippen molar-refractivity contribution in [3.05, 3.63) is 15.8 Å². The monoisotopic (exact) mass is 280 g/mol. The lowest BCUT2D eigenvalue weighted by Gasteiger charge is -2.23. The predicted molar refractivity (Wildman–Crippen MR) is 79.0 cm³/mol. The maximum atomic E-state index is 11.3. The van der Waals surface area contributed by atoms with Crippen LogP contribution in [0.4, 0.5) is 11.5 Å². The number of aromatic nitrogens is 2. The van der Waals surface area contributed by atoms with Crippen molar-refractivity contribution in [1.29, 1.82) is 0 Å². The molecule has 1 fully saturated rings. The predicted octanol–water partition coefficient (Wildman–Crippen LogP) is 3.50. The first kappa shape index (κ1) is 14.8. The lowest BCUT2D eigenvalue weighted by molar-refractivity contribution is -0.384. The molecule has 6 nitrogen and oxygen atoms in total. The summed E-state index contributed by atoms with van der Waals surface area (Å²) in [5, 5.41) is 19.0. The summed E-state index contributed by atoms with van der Waals surface area (Å²) in [6.45, 7) is 6.52. The third kappa shape index (κ3) is 2.94. The molecule has 1 saturated carbocycles. The Morgan fingerprint density at radius 3 is 2.75 bits per heavy atom. The van der Waals surface area contributed by atoms with Gasteiger partial charge in [0.05, 0.1) is 4.92 Å². The Morgan fingerprint density at radius 1 is 1.40 bits per heavy atom. The summed E-state index contributed by atoms with van der Waals surface area (Å²) >= 11 is 0. The molecule has 6 heteroatoms. The second kappa shape index (κ2) is 6.24. The molecule has 1 aromatic rings. The van der Waals surface area contributed by atoms with Crippen LogP contribution in [0.5, 0.6) is 0 Å². The molecule has 0 aromatic carbocycles. The van der Waals surface area contributed by atoms with Gasteiger partial charge in [-0.3, -0.25) is 10.1 Å². The minimum Gasteiger partial charge on any atom is -0.362 e. The molecule has 1 aliphatic rings. The first-order chi connectivity index (χ1) is 9.54. The molecule has 112 valence electrons. The summed E-state index contributed by atoms with van der Waals surface area (Å²) in [5.74, 6) is 1.12. The zero-order chi connectivity index (χ0) is 14.7. The number of nitrogens with zero attached hydrogens (tertiary/aromatic N) is 3. The van der Waals surface area contributed by atoms with Crippen LogP contribution in [0.1, 0.15) is 51.6 Å². The summed E-state index contributed by atoms with van der Waals surface area (Å²) < 4.78 is 1.71. The molecule has 0 saturated heterocycles. The summed E-state index contributed by atoms with van der Waals surface area (Å²) in [7, 11) is 0. The van der Waals surface area contributed by atoms with Crippen LogP contribution in [0, 0.1) is 23.0 Å². The van der Waals surface area contributed by atoms with Crippen molar-refractivity contribution in [2.75, 3.05) is 5.32 Å². The van der Waals surface area contributed by atoms with E-state index in [9.17, 15) is 10.1 Å². The van der Waals surface area contributed by atoms with E-state index < -0.39 is 0 Å². The van der Waals surface area contributed by atoms with Crippen molar-refractivity contribution in [2.24, 2.45) is 5.92 Å². The quantitative estimate of drug-likeness (QED) is 0.520. The van der Waals surface area contributed by atoms with Gasteiger partial charge in [-0.25, -0.2) is 4.68 Å². The minimum absolute atomic E-state index is 0.128. The smallest absolute Gasteiger partial charge is 0.333 e. The van der Waals surface area contributed by atoms with E-state index in [-0.39, 0.29) is 10.6 Å². The Hall–Kier alpha value is -1.59. The van der Waals surface area contributed by atoms with Crippen LogP contribution in [0.3, 0.4) is 0 Å². The fourth-order valence-corrected chi connectivity index (χ4v) is 3.05. The van der Waals surface area contributed by atoms with E-state index >= 15 is 0 Å². The Labute approximate surface area is 119 Å². The number of nitrogens with one attached hydrogen (secondary N) is 1. The first-order valence-electron chi connectivity index (χ1n) is 7.53. The third-order valence-electron chi connectivity index (χ3n) is 4.26. The standard InChI is InChI=1S/C14H24N4O2/c1-4-17-14(13(18(19)20)11(3)16-17)15-12-9-7-5-6-8-10(12)2/h10,12,15H,4-9H2,1-3H3. The highest BCUT2D eigenvalue weighted by Crippen LogP contribution is 2.32. The molecule has 20 heavy (non-hydrogen) atoms. The van der Waals surface area contributed by atoms with Crippen LogP contribution in [0.2, 0.25) is 0 Å². The maximum absolute atomic E-state index is 11.3. The molecule has 1 aliphatic carbocycles. The third-order valence-corrected chi connectivity index (χ3v) is 4.26. The number of aryl methyl sites for hydroxylation is 2. The molecule has 2 unspecified atom stereocenters. The number of rotatable bonds is 4. The van der Waals surface area contributed by atoms with Gasteiger partial charge < -0.3 is 5.32 Å². The Bertz CT molecular complexity index is 484. The van der Waals surface area contributed by atoms with E-state index in [2.05, 4.69) is 17.3 Å². The van der Waals surface area contributed by atoms with Crippen molar-refractivity contribution >= 4 is 11.5 Å². The Balaban J connectivity index is 2.29. The zero-order valence-electron chi connectivity index (χ0n) is 12.6. The Morgan fingerprint density at radius 2 is 2.10 bits per heavy atom.